The number of nitrogens with zero attached hydrogens (tertiary/aromatic N) is 1. The smallest absolute Gasteiger partial charge is 0.407 e. The summed E-state index contributed by atoms with van der Waals surface area (Å²) >= 11 is 0. The van der Waals surface area contributed by atoms with Crippen LogP contribution in [0.4, 0.5) is 9.18 Å². The van der Waals surface area contributed by atoms with Crippen LogP contribution in [0.25, 0.3) is 0 Å². The molecule has 1 atom stereocenters. The van der Waals surface area contributed by atoms with Crippen LogP contribution in [0.3, 0.4) is 0 Å². The van der Waals surface area contributed by atoms with Crippen LogP contribution in [0.2, 0.25) is 0 Å². The first-order chi connectivity index (χ1) is 7.59. The van der Waals surface area contributed by atoms with Crippen LogP contribution in [0.15, 0.2) is 18.2 Å². The third-order valence-corrected chi connectivity index (χ3v) is 2.85. The van der Waals surface area contributed by atoms with E-state index in [2.05, 4.69) is 0 Å². The highest BCUT2D eigenvalue weighted by Crippen LogP contribution is 2.36. The summed E-state index contributed by atoms with van der Waals surface area (Å²) < 4.78 is 13.1. The van der Waals surface area contributed by atoms with Gasteiger partial charge >= 0.3 is 6.09 Å². The Hall–Kier alpha value is -1.78. The van der Waals surface area contributed by atoms with E-state index in [0.717, 1.165) is 12.5 Å². The van der Waals surface area contributed by atoms with E-state index in [1.807, 2.05) is 0 Å². The van der Waals surface area contributed by atoms with Gasteiger partial charge in [0.2, 0.25) is 0 Å². The molecule has 1 saturated heterocycles. The average Bonchev–Trinajstić information content (AvgIpc) is 2.70. The molecule has 0 radical (unpaired) electrons. The van der Waals surface area contributed by atoms with Gasteiger partial charge in [0.05, 0.1) is 6.04 Å². The van der Waals surface area contributed by atoms with Crippen molar-refractivity contribution in [2.75, 3.05) is 6.54 Å². The Labute approximate surface area is 91.9 Å². The molecule has 1 aromatic rings. The highest BCUT2D eigenvalue weighted by Gasteiger charge is 2.31. The van der Waals surface area contributed by atoms with E-state index < -0.39 is 18.0 Å². The highest BCUT2D eigenvalue weighted by atomic mass is 19.1. The lowest BCUT2D eigenvalue weighted by Crippen LogP contribution is -2.28. The molecule has 2 rings (SSSR count). The minimum Gasteiger partial charge on any atom is -0.508 e. The molecule has 86 valence electrons. The molecule has 1 aliphatic rings. The van der Waals surface area contributed by atoms with Crippen molar-refractivity contribution in [3.63, 3.8) is 0 Å². The van der Waals surface area contributed by atoms with Crippen LogP contribution in [0.1, 0.15) is 24.4 Å². The van der Waals surface area contributed by atoms with Gasteiger partial charge in [0.1, 0.15) is 11.6 Å². The van der Waals surface area contributed by atoms with Crippen LogP contribution in [0.5, 0.6) is 5.75 Å². The number of phenolic OH excluding ortho intramolecular Hbond substituents is 1. The first-order valence-electron chi connectivity index (χ1n) is 5.07. The van der Waals surface area contributed by atoms with Gasteiger partial charge in [-0.25, -0.2) is 9.18 Å². The maximum atomic E-state index is 13.1. The normalized spacial score (nSPS) is 20.1. The Balaban J connectivity index is 2.35. The number of likely N-dealkylation sites (tertiary alicyclic amines) is 1. The van der Waals surface area contributed by atoms with Crippen LogP contribution in [-0.2, 0) is 0 Å². The molecular formula is C11H12FNO3. The van der Waals surface area contributed by atoms with Crippen molar-refractivity contribution in [3.05, 3.63) is 29.6 Å². The molecule has 1 amide bonds. The fourth-order valence-corrected chi connectivity index (χ4v) is 2.11. The number of amides is 1. The molecule has 2 N–H and O–H groups in total. The predicted molar refractivity (Wildman–Crippen MR) is 54.8 cm³/mol. The fraction of sp³-hybridized carbons (Fsp3) is 0.364. The molecule has 0 aromatic heterocycles. The molecule has 0 saturated carbocycles. The Morgan fingerprint density at radius 3 is 2.94 bits per heavy atom. The van der Waals surface area contributed by atoms with E-state index in [1.54, 1.807) is 0 Å². The van der Waals surface area contributed by atoms with E-state index in [1.165, 1.54) is 17.0 Å². The third-order valence-electron chi connectivity index (χ3n) is 2.85. The summed E-state index contributed by atoms with van der Waals surface area (Å²) in [4.78, 5) is 12.2. The van der Waals surface area contributed by atoms with E-state index in [9.17, 15) is 14.3 Å². The first-order valence-corrected chi connectivity index (χ1v) is 5.07. The van der Waals surface area contributed by atoms with Crippen molar-refractivity contribution in [3.8, 4) is 5.75 Å². The lowest BCUT2D eigenvalue weighted by molar-refractivity contribution is 0.139. The van der Waals surface area contributed by atoms with Crippen molar-refractivity contribution in [1.82, 2.24) is 4.90 Å². The van der Waals surface area contributed by atoms with Gasteiger partial charge in [-0.05, 0) is 31.0 Å². The minimum atomic E-state index is -1.04. The summed E-state index contributed by atoms with van der Waals surface area (Å²) in [7, 11) is 0. The van der Waals surface area contributed by atoms with Crippen LogP contribution >= 0.6 is 0 Å². The van der Waals surface area contributed by atoms with Gasteiger partial charge in [0.25, 0.3) is 0 Å². The molecular weight excluding hydrogens is 213 g/mol. The zero-order valence-corrected chi connectivity index (χ0v) is 8.56. The third kappa shape index (κ3) is 1.80. The van der Waals surface area contributed by atoms with Gasteiger partial charge in [-0.2, -0.15) is 0 Å². The number of phenols is 1. The summed E-state index contributed by atoms with van der Waals surface area (Å²) in [5.74, 6) is -0.524. The molecule has 1 heterocycles. The van der Waals surface area contributed by atoms with Gasteiger partial charge in [0, 0.05) is 12.1 Å². The number of halogens is 1. The van der Waals surface area contributed by atoms with E-state index in [4.69, 9.17) is 5.11 Å². The van der Waals surface area contributed by atoms with Crippen molar-refractivity contribution >= 4 is 6.09 Å². The molecule has 4 nitrogen and oxygen atoms in total. The molecule has 0 spiro atoms. The fourth-order valence-electron chi connectivity index (χ4n) is 2.11. The molecule has 5 heteroatoms. The standard InChI is InChI=1S/C11H12FNO3/c12-7-3-4-10(14)8(6-7)9-2-1-5-13(9)11(15)16/h3-4,6,9,14H,1-2,5H2,(H,15,16)/t9-/m1/s1. The SMILES string of the molecule is O=C(O)N1CCC[C@@H]1c1cc(F)ccc1O. The van der Waals surface area contributed by atoms with Gasteiger partial charge < -0.3 is 15.1 Å². The highest BCUT2D eigenvalue weighted by molar-refractivity contribution is 5.66. The monoisotopic (exact) mass is 225 g/mol. The quantitative estimate of drug-likeness (QED) is 0.771. The van der Waals surface area contributed by atoms with Gasteiger partial charge in [-0.3, -0.25) is 0 Å². The number of benzene rings is 1. The topological polar surface area (TPSA) is 60.8 Å². The number of aromatic hydroxyl groups is 1. The second-order valence-corrected chi connectivity index (χ2v) is 3.84. The van der Waals surface area contributed by atoms with Gasteiger partial charge in [-0.15, -0.1) is 0 Å². The number of hydrogen-bond acceptors (Lipinski definition) is 2. The Morgan fingerprint density at radius 2 is 2.25 bits per heavy atom. The largest absolute Gasteiger partial charge is 0.508 e. The second-order valence-electron chi connectivity index (χ2n) is 3.84. The maximum Gasteiger partial charge on any atom is 0.407 e. The van der Waals surface area contributed by atoms with E-state index >= 15 is 0 Å². The maximum absolute atomic E-state index is 13.1. The van der Waals surface area contributed by atoms with E-state index in [-0.39, 0.29) is 5.75 Å². The van der Waals surface area contributed by atoms with Crippen molar-refractivity contribution in [2.24, 2.45) is 0 Å². The summed E-state index contributed by atoms with van der Waals surface area (Å²) in [6, 6.07) is 3.16. The lowest BCUT2D eigenvalue weighted by Gasteiger charge is -2.22. The Kier molecular flexibility index (Phi) is 2.68. The van der Waals surface area contributed by atoms with Gasteiger partial charge in [0.15, 0.2) is 0 Å². The Morgan fingerprint density at radius 1 is 1.50 bits per heavy atom. The number of carbonyl (C=O) groups is 1. The predicted octanol–water partition coefficient (Wildman–Crippen LogP) is 2.35. The van der Waals surface area contributed by atoms with Crippen molar-refractivity contribution in [2.45, 2.75) is 18.9 Å². The van der Waals surface area contributed by atoms with Crippen LogP contribution in [-0.4, -0.2) is 27.8 Å². The molecule has 1 aromatic carbocycles. The zero-order valence-electron chi connectivity index (χ0n) is 8.56. The van der Waals surface area contributed by atoms with Crippen LogP contribution in [0, 0.1) is 5.82 Å². The molecule has 0 unspecified atom stereocenters. The minimum absolute atomic E-state index is 0.0560. The molecule has 0 bridgehead atoms. The molecule has 16 heavy (non-hydrogen) atoms. The van der Waals surface area contributed by atoms with Crippen molar-refractivity contribution < 1.29 is 19.4 Å². The second kappa shape index (κ2) is 4.00. The van der Waals surface area contributed by atoms with Crippen LogP contribution < -0.4 is 0 Å². The first kappa shape index (κ1) is 10.7. The van der Waals surface area contributed by atoms with Gasteiger partial charge in [-0.1, -0.05) is 0 Å². The summed E-state index contributed by atoms with van der Waals surface area (Å²) in [5, 5.41) is 18.6. The molecule has 0 aliphatic carbocycles. The Bertz CT molecular complexity index is 422. The summed E-state index contributed by atoms with van der Waals surface area (Å²) in [6.45, 7) is 0.427. The number of hydrogen-bond donors (Lipinski definition) is 2. The average molecular weight is 225 g/mol. The zero-order chi connectivity index (χ0) is 11.7. The molecule has 1 aliphatic heterocycles. The van der Waals surface area contributed by atoms with Crippen molar-refractivity contribution in [1.29, 1.82) is 0 Å². The van der Waals surface area contributed by atoms with E-state index in [0.29, 0.717) is 18.5 Å². The number of carboxylic acid groups (broad SMARTS) is 1. The number of rotatable bonds is 1. The lowest BCUT2D eigenvalue weighted by atomic mass is 10.0. The summed E-state index contributed by atoms with van der Waals surface area (Å²) in [5.41, 5.74) is 0.347. The molecule has 1 fully saturated rings. The summed E-state index contributed by atoms with van der Waals surface area (Å²) in [6.07, 6.45) is 0.308.